The van der Waals surface area contributed by atoms with Crippen LogP contribution in [0.2, 0.25) is 0 Å². The number of hydrogen-bond acceptors (Lipinski definition) is 2. The van der Waals surface area contributed by atoms with E-state index >= 15 is 0 Å². The molecule has 1 aliphatic rings. The van der Waals surface area contributed by atoms with Gasteiger partial charge >= 0.3 is 0 Å². The third-order valence-electron chi connectivity index (χ3n) is 2.85. The molecule has 1 aromatic rings. The van der Waals surface area contributed by atoms with Crippen molar-refractivity contribution >= 4 is 0 Å². The molecule has 2 rings (SSSR count). The summed E-state index contributed by atoms with van der Waals surface area (Å²) in [4.78, 5) is 2.21. The molecule has 0 amide bonds. The third-order valence-corrected chi connectivity index (χ3v) is 2.85. The standard InChI is InChI=1S/C12H15F2NO.C2H6/c1-15-6-4-10(5-7-15)16-12-3-2-9(13)8-11(12)14;1-2/h2-3,8,10H,4-7H2,1H3;1-2H3. The molecule has 0 unspecified atom stereocenters. The lowest BCUT2D eigenvalue weighted by molar-refractivity contribution is 0.110. The van der Waals surface area contributed by atoms with Gasteiger partial charge in [-0.15, -0.1) is 0 Å². The van der Waals surface area contributed by atoms with Crippen LogP contribution < -0.4 is 4.74 Å². The highest BCUT2D eigenvalue weighted by Gasteiger charge is 2.19. The zero-order valence-corrected chi connectivity index (χ0v) is 11.2. The Morgan fingerprint density at radius 3 is 2.33 bits per heavy atom. The summed E-state index contributed by atoms with van der Waals surface area (Å²) in [5, 5.41) is 0. The van der Waals surface area contributed by atoms with Gasteiger partial charge in [0, 0.05) is 19.2 Å². The van der Waals surface area contributed by atoms with Crippen LogP contribution in [0.4, 0.5) is 8.78 Å². The van der Waals surface area contributed by atoms with Gasteiger partial charge in [-0.1, -0.05) is 13.8 Å². The highest BCUT2D eigenvalue weighted by Crippen LogP contribution is 2.22. The van der Waals surface area contributed by atoms with Crippen LogP contribution in [0.5, 0.6) is 5.75 Å². The van der Waals surface area contributed by atoms with Crippen molar-refractivity contribution in [2.24, 2.45) is 0 Å². The average molecular weight is 257 g/mol. The Labute approximate surface area is 108 Å². The Bertz CT molecular complexity index is 363. The summed E-state index contributed by atoms with van der Waals surface area (Å²) >= 11 is 0. The molecular weight excluding hydrogens is 236 g/mol. The Kier molecular flexibility index (Phi) is 6.05. The van der Waals surface area contributed by atoms with Crippen molar-refractivity contribution in [2.45, 2.75) is 32.8 Å². The number of piperidine rings is 1. The average Bonchev–Trinajstić information content (AvgIpc) is 2.38. The van der Waals surface area contributed by atoms with Crippen LogP contribution in [0.25, 0.3) is 0 Å². The van der Waals surface area contributed by atoms with Gasteiger partial charge < -0.3 is 9.64 Å². The number of ether oxygens (including phenoxy) is 1. The van der Waals surface area contributed by atoms with Gasteiger partial charge in [0.2, 0.25) is 0 Å². The van der Waals surface area contributed by atoms with Gasteiger partial charge in [-0.2, -0.15) is 0 Å². The molecule has 18 heavy (non-hydrogen) atoms. The quantitative estimate of drug-likeness (QED) is 0.804. The van der Waals surface area contributed by atoms with Gasteiger partial charge in [0.05, 0.1) is 0 Å². The van der Waals surface area contributed by atoms with E-state index < -0.39 is 11.6 Å². The molecule has 0 radical (unpaired) electrons. The predicted molar refractivity (Wildman–Crippen MR) is 68.9 cm³/mol. The minimum Gasteiger partial charge on any atom is -0.487 e. The van der Waals surface area contributed by atoms with E-state index in [9.17, 15) is 8.78 Å². The minimum absolute atomic E-state index is 0.0381. The lowest BCUT2D eigenvalue weighted by atomic mass is 10.1. The van der Waals surface area contributed by atoms with Gasteiger partial charge in [0.15, 0.2) is 11.6 Å². The van der Waals surface area contributed by atoms with Crippen LogP contribution in [-0.4, -0.2) is 31.1 Å². The molecule has 0 aromatic heterocycles. The summed E-state index contributed by atoms with van der Waals surface area (Å²) in [5.41, 5.74) is 0. The number of nitrogens with zero attached hydrogens (tertiary/aromatic N) is 1. The fraction of sp³-hybridized carbons (Fsp3) is 0.571. The maximum absolute atomic E-state index is 13.3. The highest BCUT2D eigenvalue weighted by molar-refractivity contribution is 5.24. The van der Waals surface area contributed by atoms with E-state index in [0.717, 1.165) is 32.0 Å². The first-order chi connectivity index (χ1) is 8.65. The first-order valence-corrected chi connectivity index (χ1v) is 6.45. The summed E-state index contributed by atoms with van der Waals surface area (Å²) < 4.78 is 31.5. The van der Waals surface area contributed by atoms with Gasteiger partial charge in [-0.25, -0.2) is 8.78 Å². The van der Waals surface area contributed by atoms with E-state index in [4.69, 9.17) is 4.74 Å². The lowest BCUT2D eigenvalue weighted by Gasteiger charge is -2.29. The summed E-state index contributed by atoms with van der Waals surface area (Å²) in [5.74, 6) is -1.05. The van der Waals surface area contributed by atoms with E-state index in [-0.39, 0.29) is 11.9 Å². The molecule has 1 saturated heterocycles. The number of likely N-dealkylation sites (tertiary alicyclic amines) is 1. The molecule has 1 aliphatic heterocycles. The van der Waals surface area contributed by atoms with Crippen molar-refractivity contribution in [3.05, 3.63) is 29.8 Å². The SMILES string of the molecule is CC.CN1CCC(Oc2ccc(F)cc2F)CC1. The first kappa shape index (κ1) is 14.9. The summed E-state index contributed by atoms with van der Waals surface area (Å²) in [6.45, 7) is 5.90. The topological polar surface area (TPSA) is 12.5 Å². The van der Waals surface area contributed by atoms with Crippen LogP contribution >= 0.6 is 0 Å². The molecule has 0 N–H and O–H groups in total. The van der Waals surface area contributed by atoms with Crippen LogP contribution in [0, 0.1) is 11.6 Å². The van der Waals surface area contributed by atoms with Crippen molar-refractivity contribution in [3.8, 4) is 5.75 Å². The fourth-order valence-corrected chi connectivity index (χ4v) is 1.85. The maximum Gasteiger partial charge on any atom is 0.167 e. The molecule has 0 aliphatic carbocycles. The molecule has 1 aromatic carbocycles. The number of halogens is 2. The molecule has 0 spiro atoms. The largest absolute Gasteiger partial charge is 0.487 e. The van der Waals surface area contributed by atoms with E-state index in [1.54, 1.807) is 0 Å². The normalized spacial score (nSPS) is 16.9. The molecule has 102 valence electrons. The molecule has 1 heterocycles. The van der Waals surface area contributed by atoms with Gasteiger partial charge in [-0.05, 0) is 32.0 Å². The van der Waals surface area contributed by atoms with Gasteiger partial charge in [0.1, 0.15) is 11.9 Å². The summed E-state index contributed by atoms with van der Waals surface area (Å²) in [6, 6.07) is 3.42. The zero-order valence-electron chi connectivity index (χ0n) is 11.2. The molecular formula is C14H21F2NO. The molecule has 0 bridgehead atoms. The van der Waals surface area contributed by atoms with Crippen LogP contribution in [0.1, 0.15) is 26.7 Å². The van der Waals surface area contributed by atoms with Crippen molar-refractivity contribution < 1.29 is 13.5 Å². The Balaban J connectivity index is 0.000000771. The van der Waals surface area contributed by atoms with Crippen molar-refractivity contribution in [1.82, 2.24) is 4.90 Å². The second-order valence-electron chi connectivity index (χ2n) is 4.20. The molecule has 0 saturated carbocycles. The Morgan fingerprint density at radius 2 is 1.78 bits per heavy atom. The number of hydrogen-bond donors (Lipinski definition) is 0. The van der Waals surface area contributed by atoms with Crippen molar-refractivity contribution in [2.75, 3.05) is 20.1 Å². The minimum atomic E-state index is -0.626. The second kappa shape index (κ2) is 7.31. The van der Waals surface area contributed by atoms with E-state index in [1.807, 2.05) is 13.8 Å². The smallest absolute Gasteiger partial charge is 0.167 e. The Hall–Kier alpha value is -1.16. The van der Waals surface area contributed by atoms with E-state index in [2.05, 4.69) is 11.9 Å². The van der Waals surface area contributed by atoms with E-state index in [1.165, 1.54) is 12.1 Å². The monoisotopic (exact) mass is 257 g/mol. The van der Waals surface area contributed by atoms with Gasteiger partial charge in [0.25, 0.3) is 0 Å². The molecule has 2 nitrogen and oxygen atoms in total. The molecule has 0 atom stereocenters. The van der Waals surface area contributed by atoms with E-state index in [0.29, 0.717) is 0 Å². The van der Waals surface area contributed by atoms with Crippen molar-refractivity contribution in [3.63, 3.8) is 0 Å². The maximum atomic E-state index is 13.3. The number of rotatable bonds is 2. The fourth-order valence-electron chi connectivity index (χ4n) is 1.85. The predicted octanol–water partition coefficient (Wildman–Crippen LogP) is 3.46. The van der Waals surface area contributed by atoms with Crippen LogP contribution in [-0.2, 0) is 0 Å². The summed E-state index contributed by atoms with van der Waals surface area (Å²) in [6.07, 6.45) is 1.80. The second-order valence-corrected chi connectivity index (χ2v) is 4.20. The molecule has 1 fully saturated rings. The zero-order chi connectivity index (χ0) is 13.5. The van der Waals surface area contributed by atoms with Crippen molar-refractivity contribution in [1.29, 1.82) is 0 Å². The Morgan fingerprint density at radius 1 is 1.17 bits per heavy atom. The van der Waals surface area contributed by atoms with Crippen LogP contribution in [0.15, 0.2) is 18.2 Å². The highest BCUT2D eigenvalue weighted by atomic mass is 19.1. The number of benzene rings is 1. The lowest BCUT2D eigenvalue weighted by Crippen LogP contribution is -2.35. The molecule has 4 heteroatoms. The first-order valence-electron chi connectivity index (χ1n) is 6.45. The van der Waals surface area contributed by atoms with Gasteiger partial charge in [-0.3, -0.25) is 0 Å². The van der Waals surface area contributed by atoms with Crippen LogP contribution in [0.3, 0.4) is 0 Å². The third kappa shape index (κ3) is 4.26. The summed E-state index contributed by atoms with van der Waals surface area (Å²) in [7, 11) is 2.05.